The lowest BCUT2D eigenvalue weighted by atomic mass is 10.1. The number of methoxy groups -OCH3 is 1. The van der Waals surface area contributed by atoms with Gasteiger partial charge in [0, 0.05) is 35.7 Å². The van der Waals surface area contributed by atoms with Gasteiger partial charge in [-0.05, 0) is 24.3 Å². The zero-order chi connectivity index (χ0) is 20.4. The number of benzene rings is 2. The monoisotopic (exact) mass is 411 g/mol. The Morgan fingerprint density at radius 3 is 2.90 bits per heavy atom. The number of aromatic nitrogens is 1. The number of anilines is 2. The van der Waals surface area contributed by atoms with Gasteiger partial charge in [0.15, 0.2) is 5.13 Å². The predicted octanol–water partition coefficient (Wildman–Crippen LogP) is 3.95. The number of hydrogen-bond acceptors (Lipinski definition) is 5. The van der Waals surface area contributed by atoms with Gasteiger partial charge in [0.2, 0.25) is 11.8 Å². The molecule has 1 atom stereocenters. The molecule has 0 bridgehead atoms. The summed E-state index contributed by atoms with van der Waals surface area (Å²) >= 11 is 1.26. The van der Waals surface area contributed by atoms with Gasteiger partial charge in [-0.25, -0.2) is 9.37 Å². The summed E-state index contributed by atoms with van der Waals surface area (Å²) in [5, 5.41) is 4.95. The second kappa shape index (κ2) is 8.00. The van der Waals surface area contributed by atoms with Crippen LogP contribution in [0.4, 0.5) is 15.2 Å². The molecule has 0 saturated carbocycles. The smallest absolute Gasteiger partial charge is 0.231 e. The van der Waals surface area contributed by atoms with Gasteiger partial charge in [-0.1, -0.05) is 18.2 Å². The fourth-order valence-electron chi connectivity index (χ4n) is 3.23. The van der Waals surface area contributed by atoms with Crippen molar-refractivity contribution >= 4 is 34.0 Å². The van der Waals surface area contributed by atoms with Crippen LogP contribution in [0.25, 0.3) is 11.3 Å². The van der Waals surface area contributed by atoms with Gasteiger partial charge in [0.1, 0.15) is 11.6 Å². The number of thiazole rings is 1. The molecule has 1 N–H and O–H groups in total. The van der Waals surface area contributed by atoms with Crippen molar-refractivity contribution in [1.82, 2.24) is 4.98 Å². The number of nitrogens with one attached hydrogen (secondary N) is 1. The van der Waals surface area contributed by atoms with Gasteiger partial charge < -0.3 is 15.0 Å². The highest BCUT2D eigenvalue weighted by atomic mass is 32.1. The van der Waals surface area contributed by atoms with E-state index in [2.05, 4.69) is 10.3 Å². The first-order valence-corrected chi connectivity index (χ1v) is 9.88. The fourth-order valence-corrected chi connectivity index (χ4v) is 3.95. The highest BCUT2D eigenvalue weighted by Crippen LogP contribution is 2.30. The van der Waals surface area contributed by atoms with E-state index in [4.69, 9.17) is 4.74 Å². The molecule has 1 aliphatic heterocycles. The first-order valence-electron chi connectivity index (χ1n) is 9.00. The van der Waals surface area contributed by atoms with Crippen molar-refractivity contribution in [1.29, 1.82) is 0 Å². The third-order valence-electron chi connectivity index (χ3n) is 4.72. The molecule has 1 aliphatic rings. The molecule has 1 aromatic heterocycles. The van der Waals surface area contributed by atoms with Crippen LogP contribution < -0.4 is 15.0 Å². The van der Waals surface area contributed by atoms with Gasteiger partial charge >= 0.3 is 0 Å². The molecular weight excluding hydrogens is 393 g/mol. The molecule has 1 saturated heterocycles. The molecular formula is C21H18FN3O3S. The minimum atomic E-state index is -0.477. The van der Waals surface area contributed by atoms with Crippen molar-refractivity contribution < 1.29 is 18.7 Å². The summed E-state index contributed by atoms with van der Waals surface area (Å²) in [5.74, 6) is -0.545. The summed E-state index contributed by atoms with van der Waals surface area (Å²) < 4.78 is 18.6. The van der Waals surface area contributed by atoms with E-state index in [1.807, 2.05) is 6.07 Å². The van der Waals surface area contributed by atoms with Crippen molar-refractivity contribution in [2.45, 2.75) is 6.42 Å². The number of amides is 2. The van der Waals surface area contributed by atoms with E-state index >= 15 is 0 Å². The topological polar surface area (TPSA) is 71.5 Å². The number of hydrogen-bond donors (Lipinski definition) is 1. The highest BCUT2D eigenvalue weighted by molar-refractivity contribution is 7.14. The molecule has 3 aromatic rings. The minimum Gasteiger partial charge on any atom is -0.497 e. The average Bonchev–Trinajstić information content (AvgIpc) is 3.35. The maximum Gasteiger partial charge on any atom is 0.231 e. The van der Waals surface area contributed by atoms with Crippen molar-refractivity contribution in [2.75, 3.05) is 23.9 Å². The molecule has 2 amide bonds. The van der Waals surface area contributed by atoms with Gasteiger partial charge in [-0.15, -0.1) is 11.3 Å². The van der Waals surface area contributed by atoms with Crippen molar-refractivity contribution in [3.63, 3.8) is 0 Å². The Bertz CT molecular complexity index is 1070. The van der Waals surface area contributed by atoms with Crippen molar-refractivity contribution in [3.8, 4) is 17.0 Å². The lowest BCUT2D eigenvalue weighted by Crippen LogP contribution is -2.28. The van der Waals surface area contributed by atoms with E-state index in [1.54, 1.807) is 47.7 Å². The van der Waals surface area contributed by atoms with Crippen LogP contribution in [-0.4, -0.2) is 30.5 Å². The molecule has 0 aliphatic carbocycles. The molecule has 0 radical (unpaired) electrons. The first-order chi connectivity index (χ1) is 14.0. The van der Waals surface area contributed by atoms with E-state index in [1.165, 1.54) is 23.5 Å². The van der Waals surface area contributed by atoms with E-state index in [9.17, 15) is 14.0 Å². The van der Waals surface area contributed by atoms with Crippen LogP contribution in [0.15, 0.2) is 53.9 Å². The summed E-state index contributed by atoms with van der Waals surface area (Å²) in [6.45, 7) is 0.292. The molecule has 2 aromatic carbocycles. The van der Waals surface area contributed by atoms with Gasteiger partial charge in [0.05, 0.1) is 18.7 Å². The molecule has 8 heteroatoms. The molecule has 0 spiro atoms. The van der Waals surface area contributed by atoms with Crippen molar-refractivity contribution in [3.05, 3.63) is 59.7 Å². The maximum atomic E-state index is 13.4. The number of carbonyl (C=O) groups is 2. The summed E-state index contributed by atoms with van der Waals surface area (Å²) in [6.07, 6.45) is 0.130. The normalized spacial score (nSPS) is 16.1. The highest BCUT2D eigenvalue weighted by Gasteiger charge is 2.35. The van der Waals surface area contributed by atoms with Crippen LogP contribution in [0, 0.1) is 11.7 Å². The molecule has 148 valence electrons. The first kappa shape index (κ1) is 19.1. The molecule has 6 nitrogen and oxygen atoms in total. The number of halogens is 1. The molecule has 1 unspecified atom stereocenters. The molecule has 29 heavy (non-hydrogen) atoms. The zero-order valence-electron chi connectivity index (χ0n) is 15.6. The Morgan fingerprint density at radius 1 is 1.28 bits per heavy atom. The number of nitrogens with zero attached hydrogens (tertiary/aromatic N) is 2. The van der Waals surface area contributed by atoms with E-state index in [0.29, 0.717) is 34.4 Å². The molecule has 4 rings (SSSR count). The molecule has 2 heterocycles. The van der Waals surface area contributed by atoms with Crippen LogP contribution in [-0.2, 0) is 9.59 Å². The van der Waals surface area contributed by atoms with Crippen LogP contribution in [0.3, 0.4) is 0 Å². The van der Waals surface area contributed by atoms with Gasteiger partial charge in [-0.2, -0.15) is 0 Å². The Morgan fingerprint density at radius 2 is 2.10 bits per heavy atom. The van der Waals surface area contributed by atoms with Crippen LogP contribution in [0.5, 0.6) is 5.75 Å². The van der Waals surface area contributed by atoms with E-state index < -0.39 is 5.92 Å². The average molecular weight is 411 g/mol. The Hall–Kier alpha value is -3.26. The Balaban J connectivity index is 1.44. The lowest BCUT2D eigenvalue weighted by Gasteiger charge is -2.17. The third kappa shape index (κ3) is 4.12. The fraction of sp³-hybridized carbons (Fsp3) is 0.190. The standard InChI is InChI=1S/C21H18FN3O3S/c1-28-17-7-3-6-16(10-17)25-11-14(9-19(25)26)20(27)24-21-23-18(12-29-21)13-4-2-5-15(22)8-13/h2-8,10,12,14H,9,11H2,1H3,(H,23,24,27). The summed E-state index contributed by atoms with van der Waals surface area (Å²) in [4.78, 5) is 31.0. The van der Waals surface area contributed by atoms with Gasteiger partial charge in [-0.3, -0.25) is 9.59 Å². The largest absolute Gasteiger partial charge is 0.497 e. The van der Waals surface area contributed by atoms with Crippen LogP contribution >= 0.6 is 11.3 Å². The number of carbonyl (C=O) groups excluding carboxylic acids is 2. The van der Waals surface area contributed by atoms with Crippen LogP contribution in [0.2, 0.25) is 0 Å². The predicted molar refractivity (Wildman–Crippen MR) is 110 cm³/mol. The minimum absolute atomic E-state index is 0.113. The third-order valence-corrected chi connectivity index (χ3v) is 5.47. The maximum absolute atomic E-state index is 13.4. The second-order valence-corrected chi connectivity index (χ2v) is 7.50. The molecule has 1 fully saturated rings. The van der Waals surface area contributed by atoms with Gasteiger partial charge in [0.25, 0.3) is 0 Å². The summed E-state index contributed by atoms with van der Waals surface area (Å²) in [5.41, 5.74) is 1.93. The van der Waals surface area contributed by atoms with E-state index in [-0.39, 0.29) is 24.1 Å². The van der Waals surface area contributed by atoms with Crippen molar-refractivity contribution in [2.24, 2.45) is 5.92 Å². The summed E-state index contributed by atoms with van der Waals surface area (Å²) in [6, 6.07) is 13.3. The SMILES string of the molecule is COc1cccc(N2CC(C(=O)Nc3nc(-c4cccc(F)c4)cs3)CC2=O)c1. The number of ether oxygens (including phenoxy) is 1. The number of rotatable bonds is 5. The van der Waals surface area contributed by atoms with E-state index in [0.717, 1.165) is 0 Å². The zero-order valence-corrected chi connectivity index (χ0v) is 16.4. The quantitative estimate of drug-likeness (QED) is 0.690. The second-order valence-electron chi connectivity index (χ2n) is 6.64. The summed E-state index contributed by atoms with van der Waals surface area (Å²) in [7, 11) is 1.56. The Labute approximate surface area is 171 Å². The van der Waals surface area contributed by atoms with Crippen LogP contribution in [0.1, 0.15) is 6.42 Å². The lowest BCUT2D eigenvalue weighted by molar-refractivity contribution is -0.122. The Kier molecular flexibility index (Phi) is 5.26.